The van der Waals surface area contributed by atoms with Crippen LogP contribution in [0.4, 0.5) is 0 Å². The van der Waals surface area contributed by atoms with E-state index in [1.54, 1.807) is 25.1 Å². The number of aliphatic imine (C=N–C) groups is 1. The molecule has 1 saturated heterocycles. The van der Waals surface area contributed by atoms with E-state index in [0.29, 0.717) is 16.5 Å². The molecule has 0 bridgehead atoms. The molecule has 0 spiro atoms. The lowest BCUT2D eigenvalue weighted by molar-refractivity contribution is -0.0349. The van der Waals surface area contributed by atoms with Crippen LogP contribution in [0.5, 0.6) is 0 Å². The average molecular weight is 376 g/mol. The predicted molar refractivity (Wildman–Crippen MR) is 92.3 cm³/mol. The van der Waals surface area contributed by atoms with Gasteiger partial charge in [0.1, 0.15) is 4.90 Å². The number of sulfonamides is 1. The van der Waals surface area contributed by atoms with Crippen LogP contribution in [0.3, 0.4) is 0 Å². The molecule has 2 aliphatic rings. The van der Waals surface area contributed by atoms with E-state index >= 15 is 0 Å². The standard InChI is InChI=1S/C14H18ClN3O3S2/c1-16-13-18(2)14(19,8-22-13)9-3-6-11(15)12(7-9)23(20,21)17-10-4-5-10/h3,6-7,10,17,19H,4-5,8H2,1-2H3. The Morgan fingerprint density at radius 1 is 1.48 bits per heavy atom. The second-order valence-corrected chi connectivity index (χ2v) is 8.74. The van der Waals surface area contributed by atoms with Crippen LogP contribution < -0.4 is 4.72 Å². The number of halogens is 1. The highest BCUT2D eigenvalue weighted by molar-refractivity contribution is 8.14. The molecule has 3 rings (SSSR count). The third-order valence-corrected chi connectivity index (χ3v) is 7.28. The van der Waals surface area contributed by atoms with Gasteiger partial charge in [-0.3, -0.25) is 4.99 Å². The maximum absolute atomic E-state index is 12.5. The maximum atomic E-state index is 12.5. The average Bonchev–Trinajstić information content (AvgIpc) is 3.25. The van der Waals surface area contributed by atoms with Crippen LogP contribution in [-0.2, 0) is 15.7 Å². The summed E-state index contributed by atoms with van der Waals surface area (Å²) < 4.78 is 27.5. The molecular formula is C14H18ClN3O3S2. The Bertz CT molecular complexity index is 765. The molecule has 0 radical (unpaired) electrons. The van der Waals surface area contributed by atoms with Crippen molar-refractivity contribution in [2.75, 3.05) is 19.8 Å². The van der Waals surface area contributed by atoms with E-state index in [1.807, 2.05) is 0 Å². The lowest BCUT2D eigenvalue weighted by Crippen LogP contribution is -2.42. The summed E-state index contributed by atoms with van der Waals surface area (Å²) in [6.45, 7) is 0. The number of rotatable bonds is 4. The molecule has 0 amide bonds. The van der Waals surface area contributed by atoms with E-state index < -0.39 is 15.7 Å². The van der Waals surface area contributed by atoms with Gasteiger partial charge in [0.15, 0.2) is 10.9 Å². The van der Waals surface area contributed by atoms with Gasteiger partial charge in [-0.1, -0.05) is 29.4 Å². The minimum Gasteiger partial charge on any atom is -0.366 e. The van der Waals surface area contributed by atoms with Crippen LogP contribution in [0.2, 0.25) is 5.02 Å². The van der Waals surface area contributed by atoms with Crippen LogP contribution in [0.25, 0.3) is 0 Å². The molecule has 9 heteroatoms. The van der Waals surface area contributed by atoms with Crippen molar-refractivity contribution in [2.45, 2.75) is 29.5 Å². The molecule has 1 heterocycles. The van der Waals surface area contributed by atoms with Crippen molar-refractivity contribution in [1.29, 1.82) is 0 Å². The largest absolute Gasteiger partial charge is 0.366 e. The van der Waals surface area contributed by atoms with E-state index in [2.05, 4.69) is 9.71 Å². The Labute approximate surface area is 145 Å². The molecule has 1 aliphatic heterocycles. The number of hydrogen-bond donors (Lipinski definition) is 2. The SMILES string of the molecule is CN=C1SCC(O)(c2ccc(Cl)c(S(=O)(=O)NC3CC3)c2)N1C. The summed E-state index contributed by atoms with van der Waals surface area (Å²) in [5.41, 5.74) is -0.833. The summed E-state index contributed by atoms with van der Waals surface area (Å²) in [6.07, 6.45) is 1.69. The second kappa shape index (κ2) is 5.93. The topological polar surface area (TPSA) is 82.0 Å². The normalized spacial score (nSPS) is 27.0. The number of benzene rings is 1. The maximum Gasteiger partial charge on any atom is 0.242 e. The Balaban J connectivity index is 2.01. The van der Waals surface area contributed by atoms with Gasteiger partial charge in [0, 0.05) is 25.7 Å². The molecule has 1 unspecified atom stereocenters. The molecular weight excluding hydrogens is 358 g/mol. The molecule has 2 fully saturated rings. The zero-order valence-electron chi connectivity index (χ0n) is 12.8. The molecule has 23 heavy (non-hydrogen) atoms. The van der Waals surface area contributed by atoms with E-state index in [1.165, 1.54) is 23.9 Å². The number of aliphatic hydroxyl groups is 1. The van der Waals surface area contributed by atoms with Gasteiger partial charge in [-0.05, 0) is 25.0 Å². The van der Waals surface area contributed by atoms with Crippen LogP contribution in [0.1, 0.15) is 18.4 Å². The number of amidine groups is 1. The molecule has 2 N–H and O–H groups in total. The van der Waals surface area contributed by atoms with Crippen molar-refractivity contribution < 1.29 is 13.5 Å². The van der Waals surface area contributed by atoms with Gasteiger partial charge >= 0.3 is 0 Å². The molecule has 6 nitrogen and oxygen atoms in total. The van der Waals surface area contributed by atoms with Crippen LogP contribution in [0, 0.1) is 0 Å². The summed E-state index contributed by atoms with van der Waals surface area (Å²) >= 11 is 7.50. The quantitative estimate of drug-likeness (QED) is 0.835. The van der Waals surface area contributed by atoms with Crippen molar-refractivity contribution in [3.05, 3.63) is 28.8 Å². The van der Waals surface area contributed by atoms with Gasteiger partial charge in [0.05, 0.1) is 10.8 Å². The zero-order chi connectivity index (χ0) is 16.8. The highest BCUT2D eigenvalue weighted by atomic mass is 35.5. The van der Waals surface area contributed by atoms with E-state index in [0.717, 1.165) is 12.8 Å². The molecule has 1 saturated carbocycles. The minimum atomic E-state index is -3.69. The first kappa shape index (κ1) is 17.0. The third kappa shape index (κ3) is 3.10. The molecule has 1 aliphatic carbocycles. The first-order chi connectivity index (χ1) is 10.8. The Kier molecular flexibility index (Phi) is 4.39. The molecule has 0 aromatic heterocycles. The summed E-state index contributed by atoms with van der Waals surface area (Å²) in [6, 6.07) is 4.60. The van der Waals surface area contributed by atoms with Crippen molar-refractivity contribution in [1.82, 2.24) is 9.62 Å². The van der Waals surface area contributed by atoms with Gasteiger partial charge in [-0.25, -0.2) is 13.1 Å². The summed E-state index contributed by atoms with van der Waals surface area (Å²) in [7, 11) is -0.307. The Hall–Kier alpha value is -0.800. The molecule has 1 atom stereocenters. The first-order valence-corrected chi connectivity index (χ1v) is 10.0. The fraction of sp³-hybridized carbons (Fsp3) is 0.500. The van der Waals surface area contributed by atoms with Crippen molar-refractivity contribution in [3.8, 4) is 0 Å². The van der Waals surface area contributed by atoms with Gasteiger partial charge in [-0.15, -0.1) is 0 Å². The van der Waals surface area contributed by atoms with Gasteiger partial charge in [0.2, 0.25) is 10.0 Å². The monoisotopic (exact) mass is 375 g/mol. The summed E-state index contributed by atoms with van der Waals surface area (Å²) in [4.78, 5) is 5.76. The summed E-state index contributed by atoms with van der Waals surface area (Å²) in [5, 5.41) is 11.8. The van der Waals surface area contributed by atoms with Crippen LogP contribution >= 0.6 is 23.4 Å². The second-order valence-electron chi connectivity index (χ2n) is 5.71. The van der Waals surface area contributed by atoms with E-state index in [-0.39, 0.29) is 16.0 Å². The number of thioether (sulfide) groups is 1. The lowest BCUT2D eigenvalue weighted by Gasteiger charge is -2.31. The third-order valence-electron chi connectivity index (χ3n) is 4.02. The van der Waals surface area contributed by atoms with Crippen molar-refractivity contribution in [3.63, 3.8) is 0 Å². The van der Waals surface area contributed by atoms with Gasteiger partial charge in [0.25, 0.3) is 0 Å². The highest BCUT2D eigenvalue weighted by Gasteiger charge is 2.43. The first-order valence-electron chi connectivity index (χ1n) is 7.16. The fourth-order valence-electron chi connectivity index (χ4n) is 2.45. The Morgan fingerprint density at radius 3 is 2.74 bits per heavy atom. The van der Waals surface area contributed by atoms with E-state index in [4.69, 9.17) is 11.6 Å². The number of nitrogens with one attached hydrogen (secondary N) is 1. The number of hydrogen-bond acceptors (Lipinski definition) is 5. The molecule has 1 aromatic rings. The minimum absolute atomic E-state index is 0.00252. The summed E-state index contributed by atoms with van der Waals surface area (Å²) in [5.74, 6) is 0.368. The fourth-order valence-corrected chi connectivity index (χ4v) is 5.45. The van der Waals surface area contributed by atoms with Crippen molar-refractivity contribution >= 4 is 38.6 Å². The van der Waals surface area contributed by atoms with Gasteiger partial charge in [-0.2, -0.15) is 0 Å². The van der Waals surface area contributed by atoms with E-state index in [9.17, 15) is 13.5 Å². The zero-order valence-corrected chi connectivity index (χ0v) is 15.2. The highest BCUT2D eigenvalue weighted by Crippen LogP contribution is 2.39. The number of nitrogens with zero attached hydrogens (tertiary/aromatic N) is 2. The van der Waals surface area contributed by atoms with Crippen LogP contribution in [0.15, 0.2) is 28.1 Å². The predicted octanol–water partition coefficient (Wildman–Crippen LogP) is 1.59. The molecule has 1 aromatic carbocycles. The molecule has 126 valence electrons. The lowest BCUT2D eigenvalue weighted by atomic mass is 10.0. The smallest absolute Gasteiger partial charge is 0.242 e. The van der Waals surface area contributed by atoms with Crippen molar-refractivity contribution in [2.24, 2.45) is 4.99 Å². The Morgan fingerprint density at radius 2 is 2.17 bits per heavy atom. The van der Waals surface area contributed by atoms with Crippen LogP contribution in [-0.4, -0.2) is 49.5 Å². The van der Waals surface area contributed by atoms with Gasteiger partial charge < -0.3 is 10.0 Å².